The first-order valence-corrected chi connectivity index (χ1v) is 7.41. The summed E-state index contributed by atoms with van der Waals surface area (Å²) in [5, 5.41) is 8.90. The van der Waals surface area contributed by atoms with Crippen LogP contribution in [0.3, 0.4) is 0 Å². The van der Waals surface area contributed by atoms with Crippen LogP contribution in [-0.2, 0) is 14.8 Å². The first-order valence-electron chi connectivity index (χ1n) is 5.14. The maximum absolute atomic E-state index is 11.9. The van der Waals surface area contributed by atoms with E-state index in [4.69, 9.17) is 5.11 Å². The number of aliphatic carboxylic acids is 1. The molecule has 2 N–H and O–H groups in total. The standard InChI is InChI=1S/C11H14BrNO4S/c1-11(2,10(14)15)7-13-18(16,17)9-5-3-8(12)4-6-9/h3-6,13H,7H2,1-2H3,(H,14,15). The fraction of sp³-hybridized carbons (Fsp3) is 0.364. The van der Waals surface area contributed by atoms with Crippen molar-refractivity contribution in [3.63, 3.8) is 0 Å². The molecule has 0 bridgehead atoms. The number of halogens is 1. The molecule has 0 atom stereocenters. The van der Waals surface area contributed by atoms with Crippen LogP contribution in [0.1, 0.15) is 13.8 Å². The molecule has 0 heterocycles. The SMILES string of the molecule is CC(C)(CNS(=O)(=O)c1ccc(Br)cc1)C(=O)O. The normalized spacial score (nSPS) is 12.4. The predicted molar refractivity (Wildman–Crippen MR) is 70.7 cm³/mol. The fourth-order valence-electron chi connectivity index (χ4n) is 1.05. The van der Waals surface area contributed by atoms with Gasteiger partial charge in [0.05, 0.1) is 10.3 Å². The van der Waals surface area contributed by atoms with E-state index in [9.17, 15) is 13.2 Å². The number of carbonyl (C=O) groups is 1. The van der Waals surface area contributed by atoms with Gasteiger partial charge < -0.3 is 5.11 Å². The van der Waals surface area contributed by atoms with Crippen LogP contribution < -0.4 is 4.72 Å². The van der Waals surface area contributed by atoms with Gasteiger partial charge in [-0.2, -0.15) is 0 Å². The van der Waals surface area contributed by atoms with E-state index in [1.54, 1.807) is 12.1 Å². The molecule has 0 aliphatic carbocycles. The van der Waals surface area contributed by atoms with Crippen molar-refractivity contribution in [2.75, 3.05) is 6.54 Å². The van der Waals surface area contributed by atoms with E-state index in [1.807, 2.05) is 0 Å². The molecule has 0 unspecified atom stereocenters. The molecule has 0 saturated carbocycles. The Labute approximate surface area is 114 Å². The smallest absolute Gasteiger partial charge is 0.310 e. The number of hydrogen-bond acceptors (Lipinski definition) is 3. The maximum Gasteiger partial charge on any atom is 0.310 e. The van der Waals surface area contributed by atoms with Crippen molar-refractivity contribution in [3.05, 3.63) is 28.7 Å². The molecule has 0 radical (unpaired) electrons. The largest absolute Gasteiger partial charge is 0.481 e. The van der Waals surface area contributed by atoms with Crippen LogP contribution >= 0.6 is 15.9 Å². The summed E-state index contributed by atoms with van der Waals surface area (Å²) in [4.78, 5) is 11.0. The van der Waals surface area contributed by atoms with Crippen LogP contribution in [0.2, 0.25) is 0 Å². The Morgan fingerprint density at radius 2 is 1.83 bits per heavy atom. The number of rotatable bonds is 5. The van der Waals surface area contributed by atoms with Crippen LogP contribution in [0.25, 0.3) is 0 Å². The van der Waals surface area contributed by atoms with Gasteiger partial charge in [0.1, 0.15) is 0 Å². The first-order chi connectivity index (χ1) is 8.15. The van der Waals surface area contributed by atoms with Crippen LogP contribution in [0.4, 0.5) is 0 Å². The molecule has 0 aliphatic heterocycles. The summed E-state index contributed by atoms with van der Waals surface area (Å²) in [5.74, 6) is -1.05. The highest BCUT2D eigenvalue weighted by Gasteiger charge is 2.29. The first kappa shape index (κ1) is 15.1. The highest BCUT2D eigenvalue weighted by molar-refractivity contribution is 9.10. The van der Waals surface area contributed by atoms with Gasteiger partial charge >= 0.3 is 5.97 Å². The average molecular weight is 336 g/mol. The molecule has 0 aliphatic rings. The van der Waals surface area contributed by atoms with E-state index in [-0.39, 0.29) is 11.4 Å². The second-order valence-corrected chi connectivity index (χ2v) is 7.15. The summed E-state index contributed by atoms with van der Waals surface area (Å²) in [5.41, 5.74) is -1.15. The lowest BCUT2D eigenvalue weighted by atomic mass is 9.95. The molecule has 0 saturated heterocycles. The summed E-state index contributed by atoms with van der Waals surface area (Å²) in [6.07, 6.45) is 0. The number of nitrogens with one attached hydrogen (secondary N) is 1. The zero-order chi connectivity index (χ0) is 14.0. The molecule has 0 amide bonds. The van der Waals surface area contributed by atoms with Gasteiger partial charge in [0, 0.05) is 11.0 Å². The van der Waals surface area contributed by atoms with Crippen molar-refractivity contribution in [1.82, 2.24) is 4.72 Å². The van der Waals surface area contributed by atoms with E-state index in [0.717, 1.165) is 4.47 Å². The van der Waals surface area contributed by atoms with Crippen molar-refractivity contribution in [3.8, 4) is 0 Å². The van der Waals surface area contributed by atoms with Gasteiger partial charge in [0.25, 0.3) is 0 Å². The Morgan fingerprint density at radius 3 is 2.28 bits per heavy atom. The third-order valence-corrected chi connectivity index (χ3v) is 4.35. The maximum atomic E-state index is 11.9. The Balaban J connectivity index is 2.84. The third-order valence-electron chi connectivity index (χ3n) is 2.41. The lowest BCUT2D eigenvalue weighted by Crippen LogP contribution is -2.38. The molecule has 7 heteroatoms. The number of carboxylic acid groups (broad SMARTS) is 1. The minimum absolute atomic E-state index is 0.104. The van der Waals surface area contributed by atoms with Crippen LogP contribution in [-0.4, -0.2) is 26.0 Å². The van der Waals surface area contributed by atoms with Gasteiger partial charge in [0.2, 0.25) is 10.0 Å². The average Bonchev–Trinajstić information content (AvgIpc) is 2.27. The van der Waals surface area contributed by atoms with Crippen LogP contribution in [0.15, 0.2) is 33.6 Å². The number of sulfonamides is 1. The zero-order valence-corrected chi connectivity index (χ0v) is 12.4. The minimum Gasteiger partial charge on any atom is -0.481 e. The van der Waals surface area contributed by atoms with E-state index < -0.39 is 21.4 Å². The van der Waals surface area contributed by atoms with Gasteiger partial charge in [-0.05, 0) is 38.1 Å². The molecule has 100 valence electrons. The fourth-order valence-corrected chi connectivity index (χ4v) is 2.52. The minimum atomic E-state index is -3.68. The summed E-state index contributed by atoms with van der Waals surface area (Å²) >= 11 is 3.21. The monoisotopic (exact) mass is 335 g/mol. The van der Waals surface area contributed by atoms with Crippen molar-refractivity contribution in [1.29, 1.82) is 0 Å². The van der Waals surface area contributed by atoms with Gasteiger partial charge in [-0.25, -0.2) is 13.1 Å². The van der Waals surface area contributed by atoms with Crippen molar-refractivity contribution in [2.45, 2.75) is 18.7 Å². The summed E-state index contributed by atoms with van der Waals surface area (Å²) < 4.78 is 26.8. The van der Waals surface area contributed by atoms with Gasteiger partial charge in [-0.3, -0.25) is 4.79 Å². The molecule has 18 heavy (non-hydrogen) atoms. The van der Waals surface area contributed by atoms with Crippen molar-refractivity contribution in [2.24, 2.45) is 5.41 Å². The van der Waals surface area contributed by atoms with Gasteiger partial charge in [0.15, 0.2) is 0 Å². The second kappa shape index (κ2) is 5.38. The highest BCUT2D eigenvalue weighted by Crippen LogP contribution is 2.17. The lowest BCUT2D eigenvalue weighted by molar-refractivity contribution is -0.146. The topological polar surface area (TPSA) is 83.5 Å². The molecule has 0 aromatic heterocycles. The van der Waals surface area contributed by atoms with Gasteiger partial charge in [-0.1, -0.05) is 15.9 Å². The quantitative estimate of drug-likeness (QED) is 0.859. The molecule has 0 fully saturated rings. The summed E-state index contributed by atoms with van der Waals surface area (Å²) in [6.45, 7) is 2.75. The molecule has 0 spiro atoms. The van der Waals surface area contributed by atoms with Crippen molar-refractivity contribution >= 4 is 31.9 Å². The Bertz CT molecular complexity index is 537. The highest BCUT2D eigenvalue weighted by atomic mass is 79.9. The molecule has 1 rings (SSSR count). The Kier molecular flexibility index (Phi) is 4.52. The number of benzene rings is 1. The van der Waals surface area contributed by atoms with E-state index in [2.05, 4.69) is 20.7 Å². The Morgan fingerprint density at radius 1 is 1.33 bits per heavy atom. The van der Waals surface area contributed by atoms with E-state index >= 15 is 0 Å². The van der Waals surface area contributed by atoms with Crippen LogP contribution in [0, 0.1) is 5.41 Å². The van der Waals surface area contributed by atoms with Gasteiger partial charge in [-0.15, -0.1) is 0 Å². The zero-order valence-electron chi connectivity index (χ0n) is 9.97. The molecule has 1 aromatic carbocycles. The van der Waals surface area contributed by atoms with Crippen molar-refractivity contribution < 1.29 is 18.3 Å². The number of hydrogen-bond donors (Lipinski definition) is 2. The van der Waals surface area contributed by atoms with E-state index in [1.165, 1.54) is 26.0 Å². The lowest BCUT2D eigenvalue weighted by Gasteiger charge is -2.19. The predicted octanol–water partition coefficient (Wildman–Crippen LogP) is 1.84. The molecule has 5 nitrogen and oxygen atoms in total. The summed E-state index contributed by atoms with van der Waals surface area (Å²) in [7, 11) is -3.68. The van der Waals surface area contributed by atoms with E-state index in [0.29, 0.717) is 0 Å². The molecular formula is C11H14BrNO4S. The van der Waals surface area contributed by atoms with Crippen LogP contribution in [0.5, 0.6) is 0 Å². The third kappa shape index (κ3) is 3.79. The summed E-state index contributed by atoms with van der Waals surface area (Å²) in [6, 6.07) is 6.11. The molecule has 1 aromatic rings. The second-order valence-electron chi connectivity index (χ2n) is 4.47. The molecular weight excluding hydrogens is 322 g/mol. The number of carboxylic acids is 1. The Hall–Kier alpha value is -0.920.